The molecular formula is C23H30O3. The Hall–Kier alpha value is -2.29. The lowest BCUT2D eigenvalue weighted by atomic mass is 9.95. The number of ether oxygens (including phenoxy) is 1. The van der Waals surface area contributed by atoms with E-state index in [4.69, 9.17) is 9.84 Å². The van der Waals surface area contributed by atoms with Gasteiger partial charge in [-0.3, -0.25) is 0 Å². The minimum absolute atomic E-state index is 0.364. The van der Waals surface area contributed by atoms with Crippen LogP contribution in [0.5, 0.6) is 0 Å². The van der Waals surface area contributed by atoms with E-state index in [9.17, 15) is 4.79 Å². The molecule has 2 aromatic carbocycles. The Kier molecular flexibility index (Phi) is 8.20. The van der Waals surface area contributed by atoms with Crippen LogP contribution in [0.15, 0.2) is 48.5 Å². The van der Waals surface area contributed by atoms with E-state index in [1.165, 1.54) is 30.4 Å². The van der Waals surface area contributed by atoms with Crippen LogP contribution < -0.4 is 0 Å². The molecule has 26 heavy (non-hydrogen) atoms. The van der Waals surface area contributed by atoms with Crippen LogP contribution in [0.3, 0.4) is 0 Å². The van der Waals surface area contributed by atoms with Gasteiger partial charge in [0.15, 0.2) is 0 Å². The van der Waals surface area contributed by atoms with Crippen LogP contribution in [0.1, 0.15) is 66.9 Å². The van der Waals surface area contributed by atoms with Crippen molar-refractivity contribution >= 4 is 6.16 Å². The first-order valence-corrected chi connectivity index (χ1v) is 9.57. The van der Waals surface area contributed by atoms with Crippen molar-refractivity contribution in [2.24, 2.45) is 0 Å². The van der Waals surface area contributed by atoms with Crippen LogP contribution in [0.25, 0.3) is 0 Å². The van der Waals surface area contributed by atoms with Crippen LogP contribution in [-0.4, -0.2) is 11.3 Å². The Morgan fingerprint density at radius 1 is 0.923 bits per heavy atom. The molecule has 0 fully saturated rings. The number of benzene rings is 2. The molecule has 0 aliphatic carbocycles. The molecule has 3 heteroatoms. The predicted molar refractivity (Wildman–Crippen MR) is 106 cm³/mol. The van der Waals surface area contributed by atoms with Gasteiger partial charge in [0.1, 0.15) is 6.10 Å². The summed E-state index contributed by atoms with van der Waals surface area (Å²) in [6.07, 6.45) is 6.01. The van der Waals surface area contributed by atoms with Crippen molar-refractivity contribution < 1.29 is 14.6 Å². The van der Waals surface area contributed by atoms with Crippen LogP contribution in [0.2, 0.25) is 0 Å². The van der Waals surface area contributed by atoms with Crippen molar-refractivity contribution in [3.05, 3.63) is 70.8 Å². The maximum Gasteiger partial charge on any atom is 0.506 e. The highest BCUT2D eigenvalue weighted by Gasteiger charge is 2.18. The first-order valence-electron chi connectivity index (χ1n) is 9.57. The van der Waals surface area contributed by atoms with Gasteiger partial charge in [-0.25, -0.2) is 4.79 Å². The monoisotopic (exact) mass is 354 g/mol. The summed E-state index contributed by atoms with van der Waals surface area (Å²) in [5.41, 5.74) is 4.69. The van der Waals surface area contributed by atoms with Crippen LogP contribution >= 0.6 is 0 Å². The molecular weight excluding hydrogens is 324 g/mol. The maximum absolute atomic E-state index is 11.1. The number of hydrogen-bond acceptors (Lipinski definition) is 2. The normalized spacial score (nSPS) is 11.9. The Balaban J connectivity index is 1.73. The van der Waals surface area contributed by atoms with Gasteiger partial charge in [-0.05, 0) is 61.8 Å². The van der Waals surface area contributed by atoms with E-state index >= 15 is 0 Å². The van der Waals surface area contributed by atoms with E-state index in [0.29, 0.717) is 0 Å². The molecule has 0 amide bonds. The van der Waals surface area contributed by atoms with Crippen molar-refractivity contribution in [3.8, 4) is 0 Å². The molecule has 0 bridgehead atoms. The first-order chi connectivity index (χ1) is 12.6. The Morgan fingerprint density at radius 3 is 2.35 bits per heavy atom. The molecule has 1 atom stereocenters. The molecule has 0 saturated heterocycles. The van der Waals surface area contributed by atoms with Gasteiger partial charge in [0.2, 0.25) is 0 Å². The van der Waals surface area contributed by atoms with E-state index in [1.807, 2.05) is 32.0 Å². The molecule has 0 heterocycles. The maximum atomic E-state index is 11.1. The van der Waals surface area contributed by atoms with Crippen LogP contribution in [0, 0.1) is 13.8 Å². The Morgan fingerprint density at radius 2 is 1.62 bits per heavy atom. The number of hydrogen-bond donors (Lipinski definition) is 1. The van der Waals surface area contributed by atoms with Crippen molar-refractivity contribution in [3.63, 3.8) is 0 Å². The first kappa shape index (κ1) is 20.0. The average Bonchev–Trinajstić information content (AvgIpc) is 2.63. The van der Waals surface area contributed by atoms with Gasteiger partial charge in [0, 0.05) is 0 Å². The zero-order valence-electron chi connectivity index (χ0n) is 15.9. The van der Waals surface area contributed by atoms with Crippen LogP contribution in [-0.2, 0) is 11.2 Å². The quantitative estimate of drug-likeness (QED) is 0.385. The van der Waals surface area contributed by atoms with Gasteiger partial charge >= 0.3 is 6.16 Å². The third-order valence-electron chi connectivity index (χ3n) is 5.01. The number of carboxylic acid groups (broad SMARTS) is 1. The molecule has 3 nitrogen and oxygen atoms in total. The molecule has 2 aromatic rings. The van der Waals surface area contributed by atoms with Crippen molar-refractivity contribution in [2.45, 2.75) is 64.9 Å². The topological polar surface area (TPSA) is 46.5 Å². The molecule has 140 valence electrons. The van der Waals surface area contributed by atoms with E-state index < -0.39 is 6.16 Å². The molecule has 2 rings (SSSR count). The highest BCUT2D eigenvalue weighted by Crippen LogP contribution is 2.28. The summed E-state index contributed by atoms with van der Waals surface area (Å²) in [6, 6.07) is 16.6. The fourth-order valence-electron chi connectivity index (χ4n) is 3.36. The zero-order chi connectivity index (χ0) is 18.8. The molecule has 0 aliphatic heterocycles. The van der Waals surface area contributed by atoms with E-state index in [1.54, 1.807) is 0 Å². The summed E-state index contributed by atoms with van der Waals surface area (Å²) in [5, 5.41) is 9.06. The predicted octanol–water partition coefficient (Wildman–Crippen LogP) is 6.62. The lowest BCUT2D eigenvalue weighted by Crippen LogP contribution is -2.11. The van der Waals surface area contributed by atoms with Crippen molar-refractivity contribution in [2.75, 3.05) is 0 Å². The second kappa shape index (κ2) is 10.6. The SMILES string of the molecule is Cc1cccc(C(CCCCCCCc2ccccc2)OC(=O)O)c1C. The van der Waals surface area contributed by atoms with Gasteiger partial charge in [-0.1, -0.05) is 67.8 Å². The molecule has 1 N–H and O–H groups in total. The van der Waals surface area contributed by atoms with Gasteiger partial charge in [0.25, 0.3) is 0 Å². The molecule has 0 aromatic heterocycles. The largest absolute Gasteiger partial charge is 0.506 e. The zero-order valence-corrected chi connectivity index (χ0v) is 15.9. The summed E-state index contributed by atoms with van der Waals surface area (Å²) >= 11 is 0. The highest BCUT2D eigenvalue weighted by molar-refractivity contribution is 5.57. The van der Waals surface area contributed by atoms with Crippen molar-refractivity contribution in [1.82, 2.24) is 0 Å². The summed E-state index contributed by atoms with van der Waals surface area (Å²) in [7, 11) is 0. The third kappa shape index (κ3) is 6.55. The average molecular weight is 354 g/mol. The molecule has 0 radical (unpaired) electrons. The Bertz CT molecular complexity index is 679. The van der Waals surface area contributed by atoms with Gasteiger partial charge < -0.3 is 9.84 Å². The fourth-order valence-corrected chi connectivity index (χ4v) is 3.36. The van der Waals surface area contributed by atoms with Gasteiger partial charge in [-0.2, -0.15) is 0 Å². The number of unbranched alkanes of at least 4 members (excludes halogenated alkanes) is 4. The van der Waals surface area contributed by atoms with E-state index in [2.05, 4.69) is 30.3 Å². The minimum atomic E-state index is -1.20. The third-order valence-corrected chi connectivity index (χ3v) is 5.01. The minimum Gasteiger partial charge on any atom is -0.450 e. The molecule has 1 unspecified atom stereocenters. The summed E-state index contributed by atoms with van der Waals surface area (Å²) in [4.78, 5) is 11.1. The summed E-state index contributed by atoms with van der Waals surface area (Å²) in [5.74, 6) is 0. The van der Waals surface area contributed by atoms with Gasteiger partial charge in [-0.15, -0.1) is 0 Å². The highest BCUT2D eigenvalue weighted by atomic mass is 16.7. The molecule has 0 aliphatic rings. The number of carbonyl (C=O) groups is 1. The van der Waals surface area contributed by atoms with Crippen LogP contribution in [0.4, 0.5) is 4.79 Å². The second-order valence-electron chi connectivity index (χ2n) is 6.95. The molecule has 0 saturated carbocycles. The van der Waals surface area contributed by atoms with E-state index in [-0.39, 0.29) is 6.10 Å². The smallest absolute Gasteiger partial charge is 0.450 e. The lowest BCUT2D eigenvalue weighted by Gasteiger charge is -2.19. The van der Waals surface area contributed by atoms with Crippen molar-refractivity contribution in [1.29, 1.82) is 0 Å². The second-order valence-corrected chi connectivity index (χ2v) is 6.95. The Labute approximate surface area is 157 Å². The van der Waals surface area contributed by atoms with Gasteiger partial charge in [0.05, 0.1) is 0 Å². The number of aryl methyl sites for hydroxylation is 2. The van der Waals surface area contributed by atoms with E-state index in [0.717, 1.165) is 36.8 Å². The summed E-state index contributed by atoms with van der Waals surface area (Å²) < 4.78 is 5.17. The molecule has 0 spiro atoms. The fraction of sp³-hybridized carbons (Fsp3) is 0.435. The standard InChI is InChI=1S/C23H30O3/c1-18-12-11-16-21(19(18)2)22(26-23(24)25)17-10-5-3-4-7-13-20-14-8-6-9-15-20/h6,8-9,11-12,14-16,22H,3-5,7,10,13,17H2,1-2H3,(H,24,25). The number of rotatable bonds is 10. The lowest BCUT2D eigenvalue weighted by molar-refractivity contribution is 0.0461. The summed E-state index contributed by atoms with van der Waals surface area (Å²) in [6.45, 7) is 4.08.